The molecule has 1 N–H and O–H groups in total. The number of nitrogens with one attached hydrogen (secondary N) is 1. The van der Waals surface area contributed by atoms with Crippen molar-refractivity contribution in [1.29, 1.82) is 0 Å². The van der Waals surface area contributed by atoms with Crippen molar-refractivity contribution in [2.24, 2.45) is 4.40 Å². The Balaban J connectivity index is 1.35. The molecule has 3 aliphatic heterocycles. The van der Waals surface area contributed by atoms with Gasteiger partial charge in [-0.25, -0.2) is 0 Å². The van der Waals surface area contributed by atoms with Crippen molar-refractivity contribution in [2.75, 3.05) is 19.8 Å². The molecule has 2 atom stereocenters. The number of nitrogens with zero attached hydrogens (tertiary/aromatic N) is 2. The summed E-state index contributed by atoms with van der Waals surface area (Å²) in [6.07, 6.45) is 1.43. The second kappa shape index (κ2) is 7.56. The van der Waals surface area contributed by atoms with Gasteiger partial charge in [0, 0.05) is 12.1 Å². The summed E-state index contributed by atoms with van der Waals surface area (Å²) in [6.45, 7) is 3.52. The van der Waals surface area contributed by atoms with Gasteiger partial charge < -0.3 is 19.7 Å². The normalized spacial score (nSPS) is 21.9. The van der Waals surface area contributed by atoms with Crippen LogP contribution in [-0.2, 0) is 14.8 Å². The monoisotopic (exact) mass is 441 g/mol. The highest BCUT2D eigenvalue weighted by atomic mass is 32.2. The Labute approximate surface area is 180 Å². The minimum atomic E-state index is -3.73. The van der Waals surface area contributed by atoms with Gasteiger partial charge in [0.15, 0.2) is 17.3 Å². The number of sulfonamides is 1. The van der Waals surface area contributed by atoms with Crippen molar-refractivity contribution in [3.63, 3.8) is 0 Å². The van der Waals surface area contributed by atoms with Crippen molar-refractivity contribution < 1.29 is 22.7 Å². The molecule has 3 heterocycles. The molecule has 1 amide bonds. The molecule has 3 aliphatic rings. The van der Waals surface area contributed by atoms with E-state index in [4.69, 9.17) is 9.47 Å². The number of carbonyl (C=O) groups excluding carboxylic acids is 1. The lowest BCUT2D eigenvalue weighted by atomic mass is 10.1. The average molecular weight is 442 g/mol. The molecular weight excluding hydrogens is 418 g/mol. The Kier molecular flexibility index (Phi) is 4.85. The van der Waals surface area contributed by atoms with E-state index in [0.717, 1.165) is 12.0 Å². The van der Waals surface area contributed by atoms with Crippen LogP contribution in [0.25, 0.3) is 0 Å². The number of hydrogen-bond donors (Lipinski definition) is 1. The van der Waals surface area contributed by atoms with Crippen LogP contribution in [0, 0.1) is 0 Å². The molecule has 5 rings (SSSR count). The van der Waals surface area contributed by atoms with E-state index in [-0.39, 0.29) is 16.8 Å². The molecule has 2 aromatic rings. The van der Waals surface area contributed by atoms with Gasteiger partial charge in [0.05, 0.1) is 6.04 Å². The third kappa shape index (κ3) is 3.52. The molecule has 9 heteroatoms. The number of ether oxygens (including phenoxy) is 2. The van der Waals surface area contributed by atoms with Crippen molar-refractivity contribution in [1.82, 2.24) is 10.2 Å². The third-order valence-corrected chi connectivity index (χ3v) is 7.19. The van der Waals surface area contributed by atoms with Crippen LogP contribution in [0.3, 0.4) is 0 Å². The molecule has 1 fully saturated rings. The first kappa shape index (κ1) is 19.9. The zero-order valence-corrected chi connectivity index (χ0v) is 17.9. The minimum Gasteiger partial charge on any atom is -0.486 e. The molecule has 1 unspecified atom stereocenters. The van der Waals surface area contributed by atoms with Crippen LogP contribution in [0.5, 0.6) is 11.5 Å². The molecule has 0 saturated carbocycles. The van der Waals surface area contributed by atoms with Gasteiger partial charge in [-0.2, -0.15) is 8.42 Å². The maximum Gasteiger partial charge on any atom is 0.285 e. The standard InChI is InChI=1S/C22H23N3O5S/c1-14(15-8-9-18-19(13-15)30-12-11-29-18)23-22(26)17-6-4-10-25(17)21-16-5-2-3-7-20(16)31(27,28)24-21/h2-3,5,7-9,13-14,17H,4,6,10-12H2,1H3,(H,23,26)/t14?,17-/m0/s1. The quantitative estimate of drug-likeness (QED) is 0.785. The molecule has 0 aliphatic carbocycles. The maximum absolute atomic E-state index is 13.1. The van der Waals surface area contributed by atoms with Gasteiger partial charge >= 0.3 is 0 Å². The van der Waals surface area contributed by atoms with Crippen LogP contribution < -0.4 is 14.8 Å². The Morgan fingerprint density at radius 3 is 2.77 bits per heavy atom. The molecule has 1 saturated heterocycles. The van der Waals surface area contributed by atoms with Crippen LogP contribution in [0.1, 0.15) is 36.9 Å². The zero-order valence-electron chi connectivity index (χ0n) is 17.1. The van der Waals surface area contributed by atoms with E-state index in [0.29, 0.717) is 49.1 Å². The highest BCUT2D eigenvalue weighted by Gasteiger charge is 2.39. The number of likely N-dealkylation sites (tertiary alicyclic amines) is 1. The molecule has 0 bridgehead atoms. The topological polar surface area (TPSA) is 97.3 Å². The smallest absolute Gasteiger partial charge is 0.285 e. The number of benzene rings is 2. The molecule has 0 radical (unpaired) electrons. The van der Waals surface area contributed by atoms with Gasteiger partial charge in [-0.3, -0.25) is 4.79 Å². The number of carbonyl (C=O) groups is 1. The van der Waals surface area contributed by atoms with E-state index in [1.54, 1.807) is 24.3 Å². The first-order valence-corrected chi connectivity index (χ1v) is 11.8. The zero-order chi connectivity index (χ0) is 21.6. The van der Waals surface area contributed by atoms with Crippen LogP contribution >= 0.6 is 0 Å². The Morgan fingerprint density at radius 2 is 1.94 bits per heavy atom. The maximum atomic E-state index is 13.1. The van der Waals surface area contributed by atoms with Gasteiger partial charge in [0.25, 0.3) is 10.0 Å². The molecule has 162 valence electrons. The number of hydrogen-bond acceptors (Lipinski definition) is 6. The lowest BCUT2D eigenvalue weighted by Gasteiger charge is -2.27. The van der Waals surface area contributed by atoms with E-state index in [1.165, 1.54) is 0 Å². The van der Waals surface area contributed by atoms with Gasteiger partial charge in [0.2, 0.25) is 5.91 Å². The molecule has 8 nitrogen and oxygen atoms in total. The van der Waals surface area contributed by atoms with Gasteiger partial charge in [-0.1, -0.05) is 18.2 Å². The molecule has 0 spiro atoms. The molecular formula is C22H23N3O5S. The van der Waals surface area contributed by atoms with E-state index >= 15 is 0 Å². The Morgan fingerprint density at radius 1 is 1.16 bits per heavy atom. The summed E-state index contributed by atoms with van der Waals surface area (Å²) in [7, 11) is -3.73. The van der Waals surface area contributed by atoms with Gasteiger partial charge in [0.1, 0.15) is 24.2 Å². The fourth-order valence-corrected chi connectivity index (χ4v) is 5.53. The van der Waals surface area contributed by atoms with Crippen LogP contribution in [0.2, 0.25) is 0 Å². The summed E-state index contributed by atoms with van der Waals surface area (Å²) in [6, 6.07) is 11.7. The van der Waals surface area contributed by atoms with E-state index < -0.39 is 16.1 Å². The van der Waals surface area contributed by atoms with Crippen LogP contribution in [-0.4, -0.2) is 50.9 Å². The number of fused-ring (bicyclic) bond motifs is 2. The first-order valence-electron chi connectivity index (χ1n) is 10.3. The summed E-state index contributed by atoms with van der Waals surface area (Å²) in [4.78, 5) is 15.2. The number of amides is 1. The molecule has 0 aromatic heterocycles. The Bertz CT molecular complexity index is 1180. The van der Waals surface area contributed by atoms with Gasteiger partial charge in [-0.15, -0.1) is 4.40 Å². The lowest BCUT2D eigenvalue weighted by molar-refractivity contribution is -0.125. The summed E-state index contributed by atoms with van der Waals surface area (Å²) in [5, 5.41) is 3.06. The predicted octanol–water partition coefficient (Wildman–Crippen LogP) is 2.25. The summed E-state index contributed by atoms with van der Waals surface area (Å²) < 4.78 is 40.1. The predicted molar refractivity (Wildman–Crippen MR) is 114 cm³/mol. The lowest BCUT2D eigenvalue weighted by Crippen LogP contribution is -2.46. The first-order chi connectivity index (χ1) is 14.9. The van der Waals surface area contributed by atoms with Crippen molar-refractivity contribution in [3.8, 4) is 11.5 Å². The van der Waals surface area contributed by atoms with Crippen molar-refractivity contribution in [2.45, 2.75) is 36.7 Å². The second-order valence-electron chi connectivity index (χ2n) is 7.87. The number of amidine groups is 1. The van der Waals surface area contributed by atoms with Crippen molar-refractivity contribution >= 4 is 21.8 Å². The fraction of sp³-hybridized carbons (Fsp3) is 0.364. The highest BCUT2D eigenvalue weighted by molar-refractivity contribution is 7.90. The van der Waals surface area contributed by atoms with Crippen molar-refractivity contribution in [3.05, 3.63) is 53.6 Å². The van der Waals surface area contributed by atoms with E-state index in [1.807, 2.05) is 30.0 Å². The summed E-state index contributed by atoms with van der Waals surface area (Å²) in [5.41, 5.74) is 1.47. The summed E-state index contributed by atoms with van der Waals surface area (Å²) >= 11 is 0. The summed E-state index contributed by atoms with van der Waals surface area (Å²) in [5.74, 6) is 1.59. The largest absolute Gasteiger partial charge is 0.486 e. The molecule has 31 heavy (non-hydrogen) atoms. The van der Waals surface area contributed by atoms with Gasteiger partial charge in [-0.05, 0) is 49.6 Å². The average Bonchev–Trinajstić information content (AvgIpc) is 3.36. The fourth-order valence-electron chi connectivity index (χ4n) is 4.31. The highest BCUT2D eigenvalue weighted by Crippen LogP contribution is 2.34. The number of rotatable bonds is 3. The SMILES string of the molecule is CC(NC(=O)[C@@H]1CCCN1C1=NS(=O)(=O)c2ccccc21)c1ccc2c(c1)OCCO2. The third-order valence-electron chi connectivity index (χ3n) is 5.87. The van der Waals surface area contributed by atoms with E-state index in [2.05, 4.69) is 9.71 Å². The Hall–Kier alpha value is -3.07. The molecule has 2 aromatic carbocycles. The van der Waals surface area contributed by atoms with E-state index in [9.17, 15) is 13.2 Å². The minimum absolute atomic E-state index is 0.149. The van der Waals surface area contributed by atoms with Crippen LogP contribution in [0.4, 0.5) is 0 Å². The second-order valence-corrected chi connectivity index (χ2v) is 9.44. The van der Waals surface area contributed by atoms with Crippen LogP contribution in [0.15, 0.2) is 51.8 Å².